The summed E-state index contributed by atoms with van der Waals surface area (Å²) in [6.07, 6.45) is 3.92. The Hall–Kier alpha value is -2.00. The van der Waals surface area contributed by atoms with Crippen molar-refractivity contribution in [1.29, 1.82) is 0 Å². The molecular weight excluding hydrogens is 314 g/mol. The second-order valence-corrected chi connectivity index (χ2v) is 5.54. The number of aromatic nitrogens is 1. The molecule has 0 amide bonds. The zero-order valence-electron chi connectivity index (χ0n) is 10.7. The topological polar surface area (TPSA) is 30.0 Å². The van der Waals surface area contributed by atoms with Gasteiger partial charge in [-0.1, -0.05) is 46.3 Å². The van der Waals surface area contributed by atoms with Gasteiger partial charge in [-0.05, 0) is 29.1 Å². The summed E-state index contributed by atoms with van der Waals surface area (Å²) in [5.74, 6) is 0.129. The van der Waals surface area contributed by atoms with Gasteiger partial charge >= 0.3 is 0 Å². The molecule has 0 spiro atoms. The average Bonchev–Trinajstić information content (AvgIpc) is 2.49. The van der Waals surface area contributed by atoms with Gasteiger partial charge in [-0.3, -0.25) is 9.78 Å². The van der Waals surface area contributed by atoms with E-state index in [-0.39, 0.29) is 5.78 Å². The summed E-state index contributed by atoms with van der Waals surface area (Å²) in [5.41, 5.74) is 1.78. The Kier molecular flexibility index (Phi) is 3.61. The maximum atomic E-state index is 12.5. The number of pyridine rings is 1. The van der Waals surface area contributed by atoms with Crippen molar-refractivity contribution in [2.45, 2.75) is 6.42 Å². The van der Waals surface area contributed by atoms with E-state index in [1.165, 1.54) is 0 Å². The minimum absolute atomic E-state index is 0.129. The lowest BCUT2D eigenvalue weighted by Crippen LogP contribution is -2.04. The Morgan fingerprint density at radius 3 is 2.65 bits per heavy atom. The second-order valence-electron chi connectivity index (χ2n) is 4.63. The Morgan fingerprint density at radius 2 is 1.85 bits per heavy atom. The highest BCUT2D eigenvalue weighted by molar-refractivity contribution is 9.10. The lowest BCUT2D eigenvalue weighted by molar-refractivity contribution is 0.0994. The summed E-state index contributed by atoms with van der Waals surface area (Å²) in [5, 5.41) is 1.96. The molecule has 1 aromatic heterocycles. The number of carbonyl (C=O) groups is 1. The predicted octanol–water partition coefficient (Wildman–Crippen LogP) is 4.42. The number of hydrogen-bond acceptors (Lipinski definition) is 2. The van der Waals surface area contributed by atoms with Crippen LogP contribution in [0.25, 0.3) is 10.8 Å². The molecule has 2 nitrogen and oxygen atoms in total. The van der Waals surface area contributed by atoms with Crippen LogP contribution in [0.3, 0.4) is 0 Å². The number of fused-ring (bicyclic) bond motifs is 1. The van der Waals surface area contributed by atoms with E-state index in [1.54, 1.807) is 12.4 Å². The number of benzene rings is 2. The minimum atomic E-state index is 0.129. The van der Waals surface area contributed by atoms with E-state index in [4.69, 9.17) is 0 Å². The third kappa shape index (κ3) is 2.63. The van der Waals surface area contributed by atoms with E-state index in [0.717, 1.165) is 26.4 Å². The van der Waals surface area contributed by atoms with Gasteiger partial charge in [0.2, 0.25) is 0 Å². The van der Waals surface area contributed by atoms with Crippen LogP contribution < -0.4 is 0 Å². The average molecular weight is 326 g/mol. The highest BCUT2D eigenvalue weighted by Gasteiger charge is 2.10. The predicted molar refractivity (Wildman–Crippen MR) is 83.9 cm³/mol. The first kappa shape index (κ1) is 13.0. The van der Waals surface area contributed by atoms with Crippen molar-refractivity contribution >= 4 is 32.5 Å². The van der Waals surface area contributed by atoms with Crippen LogP contribution in [0.1, 0.15) is 15.9 Å². The number of carbonyl (C=O) groups excluding carboxylic acids is 1. The number of rotatable bonds is 3. The van der Waals surface area contributed by atoms with E-state index < -0.39 is 0 Å². The van der Waals surface area contributed by atoms with E-state index >= 15 is 0 Å². The van der Waals surface area contributed by atoms with Crippen LogP contribution in [0, 0.1) is 0 Å². The van der Waals surface area contributed by atoms with Crippen molar-refractivity contribution in [3.8, 4) is 0 Å². The molecule has 0 saturated heterocycles. The van der Waals surface area contributed by atoms with E-state index in [1.807, 2.05) is 48.5 Å². The zero-order chi connectivity index (χ0) is 13.9. The summed E-state index contributed by atoms with van der Waals surface area (Å²) >= 11 is 3.40. The Balaban J connectivity index is 1.94. The van der Waals surface area contributed by atoms with Crippen LogP contribution in [-0.2, 0) is 6.42 Å². The molecule has 0 N–H and O–H groups in total. The maximum Gasteiger partial charge on any atom is 0.167 e. The highest BCUT2D eigenvalue weighted by Crippen LogP contribution is 2.20. The highest BCUT2D eigenvalue weighted by atomic mass is 79.9. The van der Waals surface area contributed by atoms with Gasteiger partial charge in [0.25, 0.3) is 0 Å². The van der Waals surface area contributed by atoms with Gasteiger partial charge in [0, 0.05) is 34.2 Å². The first-order valence-electron chi connectivity index (χ1n) is 6.34. The number of Topliss-reactive ketones (excluding diaryl/α,β-unsaturated/α-hetero) is 1. The minimum Gasteiger partial charge on any atom is -0.294 e. The second kappa shape index (κ2) is 5.55. The van der Waals surface area contributed by atoms with Gasteiger partial charge in [0.15, 0.2) is 5.78 Å². The fourth-order valence-corrected chi connectivity index (χ4v) is 2.51. The number of hydrogen-bond donors (Lipinski definition) is 0. The fraction of sp³-hybridized carbons (Fsp3) is 0.0588. The van der Waals surface area contributed by atoms with Crippen LogP contribution in [0.4, 0.5) is 0 Å². The molecule has 0 radical (unpaired) electrons. The van der Waals surface area contributed by atoms with Crippen LogP contribution in [0.15, 0.2) is 65.4 Å². The molecule has 0 atom stereocenters. The van der Waals surface area contributed by atoms with Gasteiger partial charge in [-0.15, -0.1) is 0 Å². The van der Waals surface area contributed by atoms with Crippen molar-refractivity contribution in [2.24, 2.45) is 0 Å². The molecule has 0 aliphatic rings. The third-order valence-corrected chi connectivity index (χ3v) is 3.79. The molecule has 0 unspecified atom stereocenters. The number of halogens is 1. The monoisotopic (exact) mass is 325 g/mol. The molecule has 3 heteroatoms. The Labute approximate surface area is 125 Å². The molecule has 0 aliphatic heterocycles. The summed E-state index contributed by atoms with van der Waals surface area (Å²) in [7, 11) is 0. The Morgan fingerprint density at radius 1 is 1.05 bits per heavy atom. The quantitative estimate of drug-likeness (QED) is 0.667. The van der Waals surface area contributed by atoms with Crippen LogP contribution in [0.2, 0.25) is 0 Å². The smallest absolute Gasteiger partial charge is 0.167 e. The summed E-state index contributed by atoms with van der Waals surface area (Å²) < 4.78 is 1.02. The summed E-state index contributed by atoms with van der Waals surface area (Å²) in [6, 6.07) is 15.5. The standard InChI is InChI=1S/C17H12BrNO/c18-14-6-4-12(5-7-14)10-17(20)16-3-1-2-13-11-19-9-8-15(13)16/h1-9,11H,10H2. The van der Waals surface area contributed by atoms with E-state index in [9.17, 15) is 4.79 Å². The molecule has 0 aliphatic carbocycles. The van der Waals surface area contributed by atoms with Crippen molar-refractivity contribution < 1.29 is 4.79 Å². The van der Waals surface area contributed by atoms with Gasteiger partial charge in [-0.25, -0.2) is 0 Å². The van der Waals surface area contributed by atoms with Gasteiger partial charge < -0.3 is 0 Å². The summed E-state index contributed by atoms with van der Waals surface area (Å²) in [6.45, 7) is 0. The normalized spacial score (nSPS) is 10.7. The van der Waals surface area contributed by atoms with Crippen molar-refractivity contribution in [1.82, 2.24) is 4.98 Å². The molecule has 0 bridgehead atoms. The lowest BCUT2D eigenvalue weighted by Gasteiger charge is -2.06. The number of nitrogens with zero attached hydrogens (tertiary/aromatic N) is 1. The summed E-state index contributed by atoms with van der Waals surface area (Å²) in [4.78, 5) is 16.6. The lowest BCUT2D eigenvalue weighted by atomic mass is 9.98. The molecule has 0 fully saturated rings. The molecule has 1 heterocycles. The molecule has 2 aromatic carbocycles. The third-order valence-electron chi connectivity index (χ3n) is 3.26. The van der Waals surface area contributed by atoms with Crippen LogP contribution in [-0.4, -0.2) is 10.8 Å². The largest absolute Gasteiger partial charge is 0.294 e. The van der Waals surface area contributed by atoms with Crippen LogP contribution >= 0.6 is 15.9 Å². The molecule has 0 saturated carbocycles. The number of ketones is 1. The SMILES string of the molecule is O=C(Cc1ccc(Br)cc1)c1cccc2cnccc12. The van der Waals surface area contributed by atoms with Gasteiger partial charge in [-0.2, -0.15) is 0 Å². The van der Waals surface area contributed by atoms with Gasteiger partial charge in [0.05, 0.1) is 0 Å². The Bertz CT molecular complexity index is 760. The van der Waals surface area contributed by atoms with E-state index in [0.29, 0.717) is 6.42 Å². The molecule has 20 heavy (non-hydrogen) atoms. The fourth-order valence-electron chi connectivity index (χ4n) is 2.25. The van der Waals surface area contributed by atoms with Crippen molar-refractivity contribution in [2.75, 3.05) is 0 Å². The zero-order valence-corrected chi connectivity index (χ0v) is 12.3. The molecule has 3 aromatic rings. The van der Waals surface area contributed by atoms with Crippen molar-refractivity contribution in [3.05, 3.63) is 76.5 Å². The maximum absolute atomic E-state index is 12.5. The first-order chi connectivity index (χ1) is 9.74. The molecular formula is C17H12BrNO. The van der Waals surface area contributed by atoms with E-state index in [2.05, 4.69) is 20.9 Å². The van der Waals surface area contributed by atoms with Crippen molar-refractivity contribution in [3.63, 3.8) is 0 Å². The molecule has 3 rings (SSSR count). The van der Waals surface area contributed by atoms with Crippen LogP contribution in [0.5, 0.6) is 0 Å². The van der Waals surface area contributed by atoms with Gasteiger partial charge in [0.1, 0.15) is 0 Å². The first-order valence-corrected chi connectivity index (χ1v) is 7.14. The molecule has 98 valence electrons.